The highest BCUT2D eigenvalue weighted by atomic mass is 32.4. The zero-order chi connectivity index (χ0) is 19.8. The molecule has 8 nitrogen and oxygen atoms in total. The number of hydrogen-bond acceptors (Lipinski definition) is 7. The van der Waals surface area contributed by atoms with Gasteiger partial charge in [0.15, 0.2) is 0 Å². The van der Waals surface area contributed by atoms with Crippen molar-refractivity contribution in [1.82, 2.24) is 10.1 Å². The minimum Gasteiger partial charge on any atom is -0.284 e. The van der Waals surface area contributed by atoms with Crippen LogP contribution in [-0.4, -0.2) is 20.5 Å². The Bertz CT molecular complexity index is 937. The first-order valence-electron chi connectivity index (χ1n) is 8.15. The molecule has 0 spiro atoms. The first kappa shape index (κ1) is 19.8. The lowest BCUT2D eigenvalue weighted by Gasteiger charge is -2.14. The van der Waals surface area contributed by atoms with E-state index < -0.39 is 6.34 Å². The molecular formula is C18H17N6O2PS. The van der Waals surface area contributed by atoms with E-state index in [-0.39, 0.29) is 0 Å². The number of hydrogen-bond donors (Lipinski definition) is 2. The third-order valence-electron chi connectivity index (χ3n) is 3.56. The zero-order valence-corrected chi connectivity index (χ0v) is 16.3. The van der Waals surface area contributed by atoms with Crippen molar-refractivity contribution >= 4 is 23.5 Å². The number of rotatable bonds is 5. The van der Waals surface area contributed by atoms with Gasteiger partial charge in [-0.2, -0.15) is 10.2 Å². The largest absolute Gasteiger partial charge is 0.284 e. The molecule has 142 valence electrons. The molecule has 2 aliphatic rings. The summed E-state index contributed by atoms with van der Waals surface area (Å²) in [4.78, 5) is 8.47. The summed E-state index contributed by atoms with van der Waals surface area (Å²) in [6.45, 7) is 0. The molecule has 0 aromatic heterocycles. The Morgan fingerprint density at radius 2 is 1.29 bits per heavy atom. The van der Waals surface area contributed by atoms with Crippen molar-refractivity contribution in [3.05, 3.63) is 103 Å². The maximum absolute atomic E-state index is 9.74. The molecule has 3 rings (SSSR count). The van der Waals surface area contributed by atoms with Crippen molar-refractivity contribution in [2.45, 2.75) is 0 Å². The summed E-state index contributed by atoms with van der Waals surface area (Å²) in [7, 11) is 0. The third-order valence-corrected chi connectivity index (χ3v) is 6.29. The van der Waals surface area contributed by atoms with Gasteiger partial charge in [-0.15, -0.1) is 9.77 Å². The highest BCUT2D eigenvalue weighted by Crippen LogP contribution is 2.49. The van der Waals surface area contributed by atoms with E-state index in [1.165, 1.54) is 24.8 Å². The summed E-state index contributed by atoms with van der Waals surface area (Å²) < 4.78 is 0. The zero-order valence-electron chi connectivity index (χ0n) is 14.6. The van der Waals surface area contributed by atoms with E-state index >= 15 is 0 Å². The Hall–Kier alpha value is -2.97. The molecule has 0 radical (unpaired) electrons. The second-order valence-electron chi connectivity index (χ2n) is 5.49. The maximum atomic E-state index is 9.74. The van der Waals surface area contributed by atoms with Gasteiger partial charge in [0, 0.05) is 17.7 Å². The van der Waals surface area contributed by atoms with Gasteiger partial charge in [0.1, 0.15) is 0 Å². The van der Waals surface area contributed by atoms with E-state index in [9.17, 15) is 10.4 Å². The molecule has 28 heavy (non-hydrogen) atoms. The van der Waals surface area contributed by atoms with Crippen LogP contribution in [0.2, 0.25) is 0 Å². The Balaban J connectivity index is 1.87. The van der Waals surface area contributed by atoms with Crippen molar-refractivity contribution in [2.24, 2.45) is 20.0 Å². The van der Waals surface area contributed by atoms with Crippen LogP contribution in [0.1, 0.15) is 0 Å². The normalized spacial score (nSPS) is 21.5. The minimum absolute atomic E-state index is 0.440. The monoisotopic (exact) mass is 412 g/mol. The van der Waals surface area contributed by atoms with Gasteiger partial charge in [0.05, 0.1) is 23.8 Å². The van der Waals surface area contributed by atoms with Crippen molar-refractivity contribution in [1.29, 1.82) is 0 Å². The van der Waals surface area contributed by atoms with Crippen molar-refractivity contribution in [3.63, 3.8) is 0 Å². The summed E-state index contributed by atoms with van der Waals surface area (Å²) >= 11 is 5.68. The van der Waals surface area contributed by atoms with Gasteiger partial charge in [-0.1, -0.05) is 42.5 Å². The third kappa shape index (κ3) is 5.05. The smallest absolute Gasteiger partial charge is 0.232 e. The first-order valence-corrected chi connectivity index (χ1v) is 10.9. The van der Waals surface area contributed by atoms with Gasteiger partial charge in [0.2, 0.25) is 6.34 Å². The van der Waals surface area contributed by atoms with Crippen LogP contribution in [0.25, 0.3) is 0 Å². The average molecular weight is 412 g/mol. The number of hydroxylamine groups is 4. The number of benzene rings is 1. The lowest BCUT2D eigenvalue weighted by atomic mass is 10.3. The lowest BCUT2D eigenvalue weighted by molar-refractivity contribution is -0.000663. The fourth-order valence-electron chi connectivity index (χ4n) is 2.15. The molecule has 0 atom stereocenters. The van der Waals surface area contributed by atoms with Gasteiger partial charge in [-0.3, -0.25) is 10.4 Å². The molecule has 10 heteroatoms. The average Bonchev–Trinajstić information content (AvgIpc) is 2.72. The Morgan fingerprint density at radius 3 is 1.75 bits per heavy atom. The highest BCUT2D eigenvalue weighted by Gasteiger charge is 2.18. The van der Waals surface area contributed by atoms with Crippen LogP contribution < -0.4 is 5.30 Å². The van der Waals surface area contributed by atoms with E-state index in [1.54, 1.807) is 36.5 Å². The van der Waals surface area contributed by atoms with Crippen molar-refractivity contribution < 1.29 is 10.4 Å². The summed E-state index contributed by atoms with van der Waals surface area (Å²) in [5, 5.41) is 30.1. The number of allylic oxidation sites excluding steroid dienone is 6. The molecule has 2 N–H and O–H groups in total. The van der Waals surface area contributed by atoms with E-state index in [0.717, 1.165) is 10.1 Å². The van der Waals surface area contributed by atoms with Crippen molar-refractivity contribution in [2.75, 3.05) is 0 Å². The fourth-order valence-corrected chi connectivity index (χ4v) is 3.96. The van der Waals surface area contributed by atoms with E-state index in [2.05, 4.69) is 20.0 Å². The fraction of sp³-hybridized carbons (Fsp3) is 0. The molecule has 1 aromatic rings. The van der Waals surface area contributed by atoms with Gasteiger partial charge in [0.25, 0.3) is 0 Å². The molecule has 0 fully saturated rings. The molecule has 0 unspecified atom stereocenters. The van der Waals surface area contributed by atoms with Gasteiger partial charge >= 0.3 is 0 Å². The van der Waals surface area contributed by atoms with Crippen LogP contribution in [0.3, 0.4) is 0 Å². The predicted molar refractivity (Wildman–Crippen MR) is 110 cm³/mol. The van der Waals surface area contributed by atoms with E-state index in [1.807, 2.05) is 30.3 Å². The molecule has 0 saturated carbocycles. The first-order chi connectivity index (χ1) is 13.6. The molecule has 2 heterocycles. The number of nitrogens with zero attached hydrogens (tertiary/aromatic N) is 6. The van der Waals surface area contributed by atoms with Crippen LogP contribution in [0.5, 0.6) is 0 Å². The summed E-state index contributed by atoms with van der Waals surface area (Å²) in [6, 6.07) is 9.19. The van der Waals surface area contributed by atoms with Crippen LogP contribution in [0, 0.1) is 0 Å². The molecular weight excluding hydrogens is 395 g/mol. The second kappa shape index (κ2) is 9.29. The topological polar surface area (TPSA) is 96.4 Å². The molecule has 0 amide bonds. The van der Waals surface area contributed by atoms with Crippen LogP contribution >= 0.6 is 6.34 Å². The van der Waals surface area contributed by atoms with E-state index in [0.29, 0.717) is 16.7 Å². The Labute approximate surface area is 167 Å². The SMILES string of the molecule is ON1C=CC=CC1=CN=NP(=S)(N=NC=C1C=CC=CN1O)c1ccccc1. The maximum Gasteiger partial charge on any atom is 0.232 e. The predicted octanol–water partition coefficient (Wildman–Crippen LogP) is 4.76. The van der Waals surface area contributed by atoms with Crippen molar-refractivity contribution in [3.8, 4) is 0 Å². The molecule has 0 aliphatic carbocycles. The molecule has 0 saturated heterocycles. The van der Waals surface area contributed by atoms with E-state index in [4.69, 9.17) is 11.8 Å². The Morgan fingerprint density at radius 1 is 0.786 bits per heavy atom. The molecule has 2 aliphatic heterocycles. The standard InChI is InChI=1S/C18H17N6O2PS/c25-23-12-6-4-8-16(23)14-19-21-27(28,18-10-2-1-3-11-18)22-20-15-17-9-5-7-13-24(17)26/h1-15,25-26H. The highest BCUT2D eigenvalue weighted by molar-refractivity contribution is 8.16. The molecule has 1 aromatic carbocycles. The van der Waals surface area contributed by atoms with Gasteiger partial charge in [-0.05, 0) is 36.1 Å². The second-order valence-corrected chi connectivity index (χ2v) is 8.98. The van der Waals surface area contributed by atoms with Gasteiger partial charge < -0.3 is 0 Å². The summed E-state index contributed by atoms with van der Waals surface area (Å²) in [5.74, 6) is 0. The van der Waals surface area contributed by atoms with Crippen LogP contribution in [-0.2, 0) is 11.8 Å². The lowest BCUT2D eigenvalue weighted by Crippen LogP contribution is -2.10. The van der Waals surface area contributed by atoms with Gasteiger partial charge in [-0.25, -0.2) is 10.1 Å². The Kier molecular flexibility index (Phi) is 6.57. The van der Waals surface area contributed by atoms with Crippen LogP contribution in [0.4, 0.5) is 0 Å². The minimum atomic E-state index is -2.87. The quantitative estimate of drug-likeness (QED) is 0.537. The summed E-state index contributed by atoms with van der Waals surface area (Å²) in [6.07, 6.45) is 13.1. The van der Waals surface area contributed by atoms with Crippen LogP contribution in [0.15, 0.2) is 123 Å². The summed E-state index contributed by atoms with van der Waals surface area (Å²) in [5.41, 5.74) is 0.880. The molecule has 0 bridgehead atoms.